The van der Waals surface area contributed by atoms with Crippen molar-refractivity contribution in [3.8, 4) is 33.4 Å². The van der Waals surface area contributed by atoms with E-state index in [1.54, 1.807) is 11.8 Å². The van der Waals surface area contributed by atoms with Crippen molar-refractivity contribution in [2.24, 2.45) is 0 Å². The van der Waals surface area contributed by atoms with E-state index >= 15 is 8.78 Å². The number of nitrogens with zero attached hydrogens (tertiary/aromatic N) is 5. The average Bonchev–Trinajstić information content (AvgIpc) is 0.688. The summed E-state index contributed by atoms with van der Waals surface area (Å²) in [6.45, 7) is -0.611. The molecule has 0 spiro atoms. The number of hydrogen-bond acceptors (Lipinski definition) is 6. The first-order valence-electron chi connectivity index (χ1n) is 33.9. The van der Waals surface area contributed by atoms with Crippen molar-refractivity contribution < 1.29 is 8.78 Å². The van der Waals surface area contributed by atoms with E-state index in [0.29, 0.717) is 11.1 Å². The highest BCUT2D eigenvalue weighted by atomic mass is 32.2. The summed E-state index contributed by atoms with van der Waals surface area (Å²) in [4.78, 5) is 13.8. The van der Waals surface area contributed by atoms with Gasteiger partial charge in [0, 0.05) is 95.4 Å². The highest BCUT2D eigenvalue weighted by molar-refractivity contribution is 8.00. The maximum absolute atomic E-state index is 18.7. The third-order valence-corrected chi connectivity index (χ3v) is 21.2. The van der Waals surface area contributed by atoms with Gasteiger partial charge in [-0.2, -0.15) is 0 Å². The molecule has 0 fully saturated rings. The molecule has 0 radical (unpaired) electrons. The Kier molecular flexibility index (Phi) is 14.3. The molecule has 15 aromatic carbocycles. The van der Waals surface area contributed by atoms with Gasteiger partial charge in [0.1, 0.15) is 5.82 Å². The monoisotopic (exact) mass is 1300 g/mol. The Morgan fingerprint density at radius 1 is 0.260 bits per heavy atom. The third-order valence-electron chi connectivity index (χ3n) is 20.1. The molecule has 4 heterocycles. The first-order chi connectivity index (χ1) is 49.5. The van der Waals surface area contributed by atoms with Gasteiger partial charge in [-0.1, -0.05) is 248 Å². The fourth-order valence-corrected chi connectivity index (χ4v) is 17.1. The standard InChI is InChI=1S/C90H59B2F2N5S/c93-65-52-74(63-31-12-3-13-32-63)90(79(94)53-65)99-82-59-86-78(92-76-44-23-25-46-81(76)98(69-40-20-7-21-41-69)85-56-73(57-87(100-86)89(85)92)95(66-34-14-4-15-35-66)67-36-16-5-17-37-67)58-77(82)91-75-43-22-24-45-80(75)97(68-38-18-6-19-39-68)83-54-72(55-84(99)88(83)91)96(70-49-47-62(48-50-70)60-27-8-1-9-28-60)71-42-26-33-64(51-71)61-29-10-2-11-30-61/h1-59H. The largest absolute Gasteiger partial charge is 0.311 e. The van der Waals surface area contributed by atoms with Crippen molar-refractivity contribution in [1.82, 2.24) is 0 Å². The molecule has 4 aliphatic rings. The molecule has 15 aromatic rings. The van der Waals surface area contributed by atoms with Crippen LogP contribution in [-0.4, -0.2) is 13.4 Å². The van der Waals surface area contributed by atoms with E-state index < -0.39 is 11.6 Å². The number of rotatable bonds is 12. The molecule has 10 heteroatoms. The molecule has 0 saturated carbocycles. The molecule has 0 atom stereocenters. The Hall–Kier alpha value is -12.4. The molecule has 4 aliphatic heterocycles. The van der Waals surface area contributed by atoms with Crippen LogP contribution in [0.15, 0.2) is 368 Å². The lowest BCUT2D eigenvalue weighted by Gasteiger charge is -2.46. The van der Waals surface area contributed by atoms with Gasteiger partial charge < -0.3 is 24.5 Å². The normalized spacial score (nSPS) is 12.8. The van der Waals surface area contributed by atoms with E-state index in [1.165, 1.54) is 17.0 Å². The number of fused-ring (bicyclic) bond motifs is 8. The highest BCUT2D eigenvalue weighted by Crippen LogP contribution is 2.53. The molecule has 19 rings (SSSR count). The van der Waals surface area contributed by atoms with Crippen LogP contribution in [0.1, 0.15) is 0 Å². The average molecular weight is 1300 g/mol. The van der Waals surface area contributed by atoms with E-state index in [9.17, 15) is 0 Å². The number of anilines is 15. The Balaban J connectivity index is 0.913. The maximum Gasteiger partial charge on any atom is 0.252 e. The van der Waals surface area contributed by atoms with Gasteiger partial charge in [0.2, 0.25) is 6.71 Å². The summed E-state index contributed by atoms with van der Waals surface area (Å²) in [7, 11) is 0. The molecule has 0 bridgehead atoms. The van der Waals surface area contributed by atoms with Crippen LogP contribution in [0.4, 0.5) is 94.1 Å². The zero-order valence-electron chi connectivity index (χ0n) is 54.1. The molecule has 100 heavy (non-hydrogen) atoms. The molecule has 0 amide bonds. The lowest BCUT2D eigenvalue weighted by Crippen LogP contribution is -2.64. The summed E-state index contributed by atoms with van der Waals surface area (Å²) in [5.74, 6) is -1.35. The Labute approximate surface area is 585 Å². The second-order valence-corrected chi connectivity index (χ2v) is 26.9. The minimum absolute atomic E-state index is 0.231. The van der Waals surface area contributed by atoms with Crippen LogP contribution in [-0.2, 0) is 0 Å². The van der Waals surface area contributed by atoms with Crippen molar-refractivity contribution >= 4 is 143 Å². The lowest BCUT2D eigenvalue weighted by atomic mass is 9.31. The Morgan fingerprint density at radius 3 is 1.27 bits per heavy atom. The van der Waals surface area contributed by atoms with E-state index in [-0.39, 0.29) is 19.1 Å². The number of halogens is 2. The summed E-state index contributed by atoms with van der Waals surface area (Å²) in [6.07, 6.45) is 0. The van der Waals surface area contributed by atoms with Gasteiger partial charge in [-0.05, 0) is 176 Å². The zero-order valence-corrected chi connectivity index (χ0v) is 54.9. The number of benzene rings is 15. The topological polar surface area (TPSA) is 16.2 Å². The maximum atomic E-state index is 18.7. The second-order valence-electron chi connectivity index (χ2n) is 25.8. The minimum atomic E-state index is -0.684. The SMILES string of the molecule is Fc1cc(F)c(N2c3cc4c(cc3B3c5ccccc5N(c5ccccc5)c5cc(N(c6ccc(-c7ccccc7)cc6)c6cccc(-c7ccccc7)c6)cc2c53)B2c3ccccc3N(c3ccccc3)c3cc(N(c5ccccc5)c5ccccc5)cc(c32)S4)c(-c2ccccc2)c1. The van der Waals surface area contributed by atoms with Crippen LogP contribution in [0.2, 0.25) is 0 Å². The van der Waals surface area contributed by atoms with E-state index in [0.717, 1.165) is 140 Å². The van der Waals surface area contributed by atoms with Crippen LogP contribution >= 0.6 is 11.8 Å². The summed E-state index contributed by atoms with van der Waals surface area (Å²) in [6, 6.07) is 125. The van der Waals surface area contributed by atoms with Crippen LogP contribution in [0.5, 0.6) is 0 Å². The van der Waals surface area contributed by atoms with Crippen LogP contribution in [0.25, 0.3) is 33.4 Å². The first-order valence-corrected chi connectivity index (χ1v) is 34.7. The molecule has 0 N–H and O–H groups in total. The van der Waals surface area contributed by atoms with E-state index in [1.807, 2.05) is 42.5 Å². The van der Waals surface area contributed by atoms with Crippen molar-refractivity contribution in [2.75, 3.05) is 24.5 Å². The minimum Gasteiger partial charge on any atom is -0.311 e. The summed E-state index contributed by atoms with van der Waals surface area (Å²) < 4.78 is 35.4. The zero-order chi connectivity index (χ0) is 66.4. The molecule has 470 valence electrons. The summed E-state index contributed by atoms with van der Waals surface area (Å²) in [5, 5.41) is 0. The fraction of sp³-hybridized carbons (Fsp3) is 0. The molecular weight excluding hydrogens is 1240 g/mol. The molecular formula is C90H59B2F2N5S. The molecule has 0 aliphatic carbocycles. The second kappa shape index (κ2) is 24.3. The molecule has 0 saturated heterocycles. The van der Waals surface area contributed by atoms with Gasteiger partial charge in [-0.15, -0.1) is 0 Å². The van der Waals surface area contributed by atoms with Crippen molar-refractivity contribution in [2.45, 2.75) is 9.79 Å². The van der Waals surface area contributed by atoms with Gasteiger partial charge in [0.25, 0.3) is 6.71 Å². The van der Waals surface area contributed by atoms with Crippen LogP contribution in [0, 0.1) is 11.6 Å². The first kappa shape index (κ1) is 58.9. The number of hydrogen-bond donors (Lipinski definition) is 0. The lowest BCUT2D eigenvalue weighted by molar-refractivity contribution is 0.585. The van der Waals surface area contributed by atoms with Gasteiger partial charge in [0.05, 0.1) is 11.4 Å². The Morgan fingerprint density at radius 2 is 0.690 bits per heavy atom. The van der Waals surface area contributed by atoms with E-state index in [2.05, 4.69) is 328 Å². The van der Waals surface area contributed by atoms with Crippen LogP contribution < -0.4 is 57.3 Å². The Bertz CT molecular complexity index is 5610. The predicted octanol–water partition coefficient (Wildman–Crippen LogP) is 20.8. The molecule has 5 nitrogen and oxygen atoms in total. The highest BCUT2D eigenvalue weighted by Gasteiger charge is 2.48. The fourth-order valence-electron chi connectivity index (χ4n) is 15.9. The van der Waals surface area contributed by atoms with Crippen molar-refractivity contribution in [3.63, 3.8) is 0 Å². The van der Waals surface area contributed by atoms with Gasteiger partial charge >= 0.3 is 0 Å². The van der Waals surface area contributed by atoms with Gasteiger partial charge in [-0.3, -0.25) is 0 Å². The smallest absolute Gasteiger partial charge is 0.252 e. The van der Waals surface area contributed by atoms with Gasteiger partial charge in [0.15, 0.2) is 5.82 Å². The van der Waals surface area contributed by atoms with Crippen LogP contribution in [0.3, 0.4) is 0 Å². The summed E-state index contributed by atoms with van der Waals surface area (Å²) in [5.41, 5.74) is 25.9. The van der Waals surface area contributed by atoms with Gasteiger partial charge in [-0.25, -0.2) is 8.78 Å². The van der Waals surface area contributed by atoms with Crippen molar-refractivity contribution in [1.29, 1.82) is 0 Å². The third kappa shape index (κ3) is 9.84. The number of para-hydroxylation sites is 6. The van der Waals surface area contributed by atoms with E-state index in [4.69, 9.17) is 0 Å². The molecule has 0 aromatic heterocycles. The van der Waals surface area contributed by atoms with Crippen molar-refractivity contribution in [3.05, 3.63) is 370 Å². The predicted molar refractivity (Wildman–Crippen MR) is 416 cm³/mol. The summed E-state index contributed by atoms with van der Waals surface area (Å²) >= 11 is 1.76. The molecule has 0 unspecified atom stereocenters. The quantitative estimate of drug-likeness (QED) is 0.113.